The average Bonchev–Trinajstić information content (AvgIpc) is 2.63. The zero-order valence-electron chi connectivity index (χ0n) is 13.9. The third kappa shape index (κ3) is 6.86. The lowest BCUT2D eigenvalue weighted by Gasteiger charge is -2.11. The Morgan fingerprint density at radius 2 is 1.80 bits per heavy atom. The van der Waals surface area contributed by atoms with Crippen molar-refractivity contribution in [3.05, 3.63) is 35.9 Å². The normalized spacial score (nSPS) is 10.2. The van der Waals surface area contributed by atoms with Crippen molar-refractivity contribution in [1.29, 1.82) is 0 Å². The van der Waals surface area contributed by atoms with Crippen LogP contribution >= 0.6 is 0 Å². The van der Waals surface area contributed by atoms with Gasteiger partial charge in [-0.3, -0.25) is 9.59 Å². The fourth-order valence-electron chi connectivity index (χ4n) is 1.70. The number of benzene rings is 1. The molecule has 0 saturated heterocycles. The first-order valence-corrected chi connectivity index (χ1v) is 7.27. The molecule has 0 heterocycles. The van der Waals surface area contributed by atoms with Crippen LogP contribution < -0.4 is 9.47 Å². The van der Waals surface area contributed by atoms with Crippen molar-refractivity contribution in [2.45, 2.75) is 12.8 Å². The number of esters is 3. The molecule has 0 aliphatic heterocycles. The van der Waals surface area contributed by atoms with E-state index in [0.29, 0.717) is 6.29 Å². The first-order valence-electron chi connectivity index (χ1n) is 7.27. The molecule has 0 aromatic heterocycles. The predicted octanol–water partition coefficient (Wildman–Crippen LogP) is 1.47. The smallest absolute Gasteiger partial charge is 0.331 e. The fourth-order valence-corrected chi connectivity index (χ4v) is 1.70. The number of hydrogen-bond donors (Lipinski definition) is 0. The van der Waals surface area contributed by atoms with E-state index in [9.17, 15) is 19.2 Å². The second kappa shape index (κ2) is 10.6. The first kappa shape index (κ1) is 19.9. The van der Waals surface area contributed by atoms with E-state index >= 15 is 0 Å². The van der Waals surface area contributed by atoms with Crippen molar-refractivity contribution in [1.82, 2.24) is 0 Å². The summed E-state index contributed by atoms with van der Waals surface area (Å²) in [4.78, 5) is 44.9. The van der Waals surface area contributed by atoms with Crippen LogP contribution in [-0.2, 0) is 23.9 Å². The van der Waals surface area contributed by atoms with E-state index in [1.54, 1.807) is 12.1 Å². The monoisotopic (exact) mass is 350 g/mol. The second-order valence-electron chi connectivity index (χ2n) is 4.60. The van der Waals surface area contributed by atoms with E-state index in [1.165, 1.54) is 20.3 Å². The quantitative estimate of drug-likeness (QED) is 0.217. The largest absolute Gasteiger partial charge is 0.493 e. The predicted molar refractivity (Wildman–Crippen MR) is 85.4 cm³/mol. The Bertz CT molecular complexity index is 663. The SMILES string of the molecule is COC(=O)/C=C\C(=O)OCCCC(=O)Oc1c(C=O)cccc1OC. The summed E-state index contributed by atoms with van der Waals surface area (Å²) in [6.07, 6.45) is 2.59. The number of carbonyl (C=O) groups is 4. The Balaban J connectivity index is 2.44. The van der Waals surface area contributed by atoms with E-state index in [2.05, 4.69) is 4.74 Å². The molecule has 1 aromatic rings. The number of rotatable bonds is 9. The molecule has 0 atom stereocenters. The standard InChI is InChI=1S/C17H18O8/c1-22-13-6-3-5-12(11-18)17(13)25-16(21)7-4-10-24-15(20)9-8-14(19)23-2/h3,5-6,8-9,11H,4,7,10H2,1-2H3/b9-8-. The number of hydrogen-bond acceptors (Lipinski definition) is 8. The number of ether oxygens (including phenoxy) is 4. The van der Waals surface area contributed by atoms with Gasteiger partial charge in [0.15, 0.2) is 17.8 Å². The van der Waals surface area contributed by atoms with Gasteiger partial charge in [-0.15, -0.1) is 0 Å². The molecule has 8 heteroatoms. The molecule has 25 heavy (non-hydrogen) atoms. The van der Waals surface area contributed by atoms with Gasteiger partial charge in [0, 0.05) is 18.6 Å². The maximum atomic E-state index is 11.8. The first-order chi connectivity index (χ1) is 12.0. The van der Waals surface area contributed by atoms with E-state index in [0.717, 1.165) is 12.2 Å². The zero-order valence-corrected chi connectivity index (χ0v) is 13.9. The molecule has 0 amide bonds. The molecule has 0 saturated carbocycles. The van der Waals surface area contributed by atoms with Crippen molar-refractivity contribution in [3.63, 3.8) is 0 Å². The summed E-state index contributed by atoms with van der Waals surface area (Å²) in [6.45, 7) is -0.0358. The summed E-state index contributed by atoms with van der Waals surface area (Å²) in [6, 6.07) is 4.65. The van der Waals surface area contributed by atoms with Crippen LogP contribution in [0.15, 0.2) is 30.4 Å². The molecule has 0 unspecified atom stereocenters. The van der Waals surface area contributed by atoms with E-state index in [4.69, 9.17) is 14.2 Å². The third-order valence-corrected chi connectivity index (χ3v) is 2.90. The van der Waals surface area contributed by atoms with E-state index < -0.39 is 17.9 Å². The molecule has 1 rings (SSSR count). The molecule has 134 valence electrons. The van der Waals surface area contributed by atoms with Gasteiger partial charge in [-0.05, 0) is 18.6 Å². The number of methoxy groups -OCH3 is 2. The van der Waals surface area contributed by atoms with Crippen molar-refractivity contribution in [2.24, 2.45) is 0 Å². The fraction of sp³-hybridized carbons (Fsp3) is 0.294. The van der Waals surface area contributed by atoms with Crippen LogP contribution in [0, 0.1) is 0 Å². The molecule has 0 radical (unpaired) electrons. The molecular weight excluding hydrogens is 332 g/mol. The average molecular weight is 350 g/mol. The topological polar surface area (TPSA) is 105 Å². The van der Waals surface area contributed by atoms with Crippen LogP contribution in [0.4, 0.5) is 0 Å². The van der Waals surface area contributed by atoms with Gasteiger partial charge in [-0.25, -0.2) is 9.59 Å². The van der Waals surface area contributed by atoms with Crippen LogP contribution in [0.1, 0.15) is 23.2 Å². The highest BCUT2D eigenvalue weighted by Crippen LogP contribution is 2.30. The molecular formula is C17H18O8. The van der Waals surface area contributed by atoms with Gasteiger partial charge in [0.2, 0.25) is 0 Å². The van der Waals surface area contributed by atoms with Gasteiger partial charge in [0.25, 0.3) is 0 Å². The molecule has 0 fully saturated rings. The van der Waals surface area contributed by atoms with Crippen molar-refractivity contribution in [2.75, 3.05) is 20.8 Å². The lowest BCUT2D eigenvalue weighted by atomic mass is 10.2. The van der Waals surface area contributed by atoms with Crippen molar-refractivity contribution in [3.8, 4) is 11.5 Å². The van der Waals surface area contributed by atoms with Gasteiger partial charge in [-0.2, -0.15) is 0 Å². The van der Waals surface area contributed by atoms with E-state index in [-0.39, 0.29) is 36.5 Å². The van der Waals surface area contributed by atoms with Gasteiger partial charge in [0.1, 0.15) is 0 Å². The van der Waals surface area contributed by atoms with Gasteiger partial charge >= 0.3 is 17.9 Å². The maximum absolute atomic E-state index is 11.8. The maximum Gasteiger partial charge on any atom is 0.331 e. The molecule has 0 spiro atoms. The minimum atomic E-state index is -0.730. The Morgan fingerprint density at radius 1 is 1.08 bits per heavy atom. The van der Waals surface area contributed by atoms with Gasteiger partial charge < -0.3 is 18.9 Å². The zero-order chi connectivity index (χ0) is 18.7. The van der Waals surface area contributed by atoms with Gasteiger partial charge in [-0.1, -0.05) is 6.07 Å². The van der Waals surface area contributed by atoms with Crippen LogP contribution in [0.3, 0.4) is 0 Å². The van der Waals surface area contributed by atoms with Crippen molar-refractivity contribution >= 4 is 24.2 Å². The van der Waals surface area contributed by atoms with Crippen LogP contribution in [-0.4, -0.2) is 45.0 Å². The summed E-state index contributed by atoms with van der Waals surface area (Å²) in [5, 5.41) is 0. The van der Waals surface area contributed by atoms with Crippen LogP contribution in [0.2, 0.25) is 0 Å². The molecule has 0 aliphatic carbocycles. The lowest BCUT2D eigenvalue weighted by molar-refractivity contribution is -0.140. The Hall–Kier alpha value is -3.16. The lowest BCUT2D eigenvalue weighted by Crippen LogP contribution is -2.12. The molecule has 0 bridgehead atoms. The number of aldehydes is 1. The second-order valence-corrected chi connectivity index (χ2v) is 4.60. The summed E-state index contributed by atoms with van der Waals surface area (Å²) < 4.78 is 19.3. The van der Waals surface area contributed by atoms with Gasteiger partial charge in [0.05, 0.1) is 26.4 Å². The van der Waals surface area contributed by atoms with E-state index in [1.807, 2.05) is 0 Å². The van der Waals surface area contributed by atoms with Crippen molar-refractivity contribution < 1.29 is 38.1 Å². The van der Waals surface area contributed by atoms with Crippen LogP contribution in [0.5, 0.6) is 11.5 Å². The molecule has 8 nitrogen and oxygen atoms in total. The Morgan fingerprint density at radius 3 is 2.44 bits per heavy atom. The Labute approximate surface area is 144 Å². The molecule has 0 aliphatic rings. The third-order valence-electron chi connectivity index (χ3n) is 2.90. The molecule has 0 N–H and O–H groups in total. The summed E-state index contributed by atoms with van der Waals surface area (Å²) in [7, 11) is 2.57. The minimum absolute atomic E-state index is 0.0358. The Kier molecular flexibility index (Phi) is 8.42. The number of para-hydroxylation sites is 1. The number of carbonyl (C=O) groups excluding carboxylic acids is 4. The minimum Gasteiger partial charge on any atom is -0.493 e. The molecule has 1 aromatic carbocycles. The highest BCUT2D eigenvalue weighted by Gasteiger charge is 2.14. The summed E-state index contributed by atoms with van der Waals surface area (Å²) >= 11 is 0. The summed E-state index contributed by atoms with van der Waals surface area (Å²) in [5.41, 5.74) is 0.187. The highest BCUT2D eigenvalue weighted by atomic mass is 16.6. The highest BCUT2D eigenvalue weighted by molar-refractivity contribution is 5.91. The van der Waals surface area contributed by atoms with Crippen LogP contribution in [0.25, 0.3) is 0 Å². The summed E-state index contributed by atoms with van der Waals surface area (Å²) in [5.74, 6) is -1.70.